The summed E-state index contributed by atoms with van der Waals surface area (Å²) >= 11 is 1.69. The molecule has 0 aromatic heterocycles. The monoisotopic (exact) mass is 272 g/mol. The highest BCUT2D eigenvalue weighted by atomic mass is 32.2. The van der Waals surface area contributed by atoms with Crippen LogP contribution in [-0.4, -0.2) is 47.6 Å². The number of carboxylic acid groups (broad SMARTS) is 1. The van der Waals surface area contributed by atoms with Gasteiger partial charge in [-0.3, -0.25) is 9.59 Å². The molecule has 102 valence electrons. The quantitative estimate of drug-likeness (QED) is 0.654. The van der Waals surface area contributed by atoms with E-state index in [2.05, 4.69) is 10.6 Å². The molecule has 1 saturated heterocycles. The van der Waals surface area contributed by atoms with E-state index in [4.69, 9.17) is 5.11 Å². The van der Waals surface area contributed by atoms with Crippen molar-refractivity contribution in [3.05, 3.63) is 0 Å². The number of hydrogen-bond donors (Lipinski definition) is 3. The lowest BCUT2D eigenvalue weighted by molar-refractivity contribution is -0.143. The summed E-state index contributed by atoms with van der Waals surface area (Å²) in [6.45, 7) is 2.34. The standard InChI is InChI=1S/C12H20N2O3S/c15-10(7-18-9-1-5-13-6-2-9)14-8-12(3-4-12)11(16)17/h9,13H,1-8H2,(H,14,15)(H,16,17). The summed E-state index contributed by atoms with van der Waals surface area (Å²) in [6.07, 6.45) is 3.59. The van der Waals surface area contributed by atoms with Crippen LogP contribution in [0.5, 0.6) is 0 Å². The molecular formula is C12H20N2O3S. The highest BCUT2D eigenvalue weighted by Crippen LogP contribution is 2.45. The third-order valence-electron chi connectivity index (χ3n) is 3.67. The lowest BCUT2D eigenvalue weighted by Crippen LogP contribution is -2.36. The Bertz CT molecular complexity index is 325. The molecule has 0 aromatic rings. The lowest BCUT2D eigenvalue weighted by atomic mass is 10.1. The molecule has 1 aliphatic carbocycles. The van der Waals surface area contributed by atoms with Crippen LogP contribution in [0.3, 0.4) is 0 Å². The molecule has 0 spiro atoms. The number of hydrogen-bond acceptors (Lipinski definition) is 4. The number of carbonyl (C=O) groups is 2. The van der Waals surface area contributed by atoms with E-state index >= 15 is 0 Å². The Hall–Kier alpha value is -0.750. The first kappa shape index (κ1) is 13.7. The molecular weight excluding hydrogens is 252 g/mol. The molecule has 0 aromatic carbocycles. The van der Waals surface area contributed by atoms with Gasteiger partial charge in [0.1, 0.15) is 0 Å². The zero-order valence-electron chi connectivity index (χ0n) is 10.4. The Morgan fingerprint density at radius 1 is 1.33 bits per heavy atom. The molecule has 2 rings (SSSR count). The first-order chi connectivity index (χ1) is 8.62. The smallest absolute Gasteiger partial charge is 0.311 e. The Labute approximate surface area is 111 Å². The van der Waals surface area contributed by atoms with Crippen LogP contribution in [0.4, 0.5) is 0 Å². The van der Waals surface area contributed by atoms with E-state index in [1.165, 1.54) is 0 Å². The number of carboxylic acids is 1. The normalized spacial score (nSPS) is 22.4. The van der Waals surface area contributed by atoms with Gasteiger partial charge < -0.3 is 15.7 Å². The van der Waals surface area contributed by atoms with Gasteiger partial charge in [-0.05, 0) is 38.8 Å². The Kier molecular flexibility index (Phi) is 4.50. The van der Waals surface area contributed by atoms with Gasteiger partial charge in [-0.25, -0.2) is 0 Å². The highest BCUT2D eigenvalue weighted by Gasteiger charge is 2.50. The molecule has 0 radical (unpaired) electrons. The molecule has 18 heavy (non-hydrogen) atoms. The van der Waals surface area contributed by atoms with Crippen LogP contribution in [0.25, 0.3) is 0 Å². The number of carbonyl (C=O) groups excluding carboxylic acids is 1. The van der Waals surface area contributed by atoms with Gasteiger partial charge in [-0.2, -0.15) is 0 Å². The average Bonchev–Trinajstić information content (AvgIpc) is 3.16. The van der Waals surface area contributed by atoms with Crippen molar-refractivity contribution < 1.29 is 14.7 Å². The van der Waals surface area contributed by atoms with Crippen LogP contribution in [0.2, 0.25) is 0 Å². The molecule has 1 saturated carbocycles. The highest BCUT2D eigenvalue weighted by molar-refractivity contribution is 8.00. The zero-order chi connectivity index (χ0) is 13.0. The molecule has 1 aliphatic heterocycles. The molecule has 2 fully saturated rings. The largest absolute Gasteiger partial charge is 0.481 e. The summed E-state index contributed by atoms with van der Waals surface area (Å²) in [5, 5.41) is 15.6. The van der Waals surface area contributed by atoms with Crippen molar-refractivity contribution in [1.82, 2.24) is 10.6 Å². The van der Waals surface area contributed by atoms with Crippen LogP contribution in [0, 0.1) is 5.41 Å². The molecule has 0 atom stereocenters. The minimum absolute atomic E-state index is 0.0361. The Balaban J connectivity index is 1.62. The number of piperidine rings is 1. The molecule has 1 heterocycles. The predicted octanol–water partition coefficient (Wildman–Crippen LogP) is 0.453. The number of nitrogens with one attached hydrogen (secondary N) is 2. The third-order valence-corrected chi connectivity index (χ3v) is 5.04. The number of thioether (sulfide) groups is 1. The van der Waals surface area contributed by atoms with Crippen molar-refractivity contribution in [2.75, 3.05) is 25.4 Å². The SMILES string of the molecule is O=C(CSC1CCNCC1)NCC1(C(=O)O)CC1. The Morgan fingerprint density at radius 2 is 2.00 bits per heavy atom. The molecule has 5 nitrogen and oxygen atoms in total. The Morgan fingerprint density at radius 3 is 2.56 bits per heavy atom. The molecule has 0 unspecified atom stereocenters. The molecule has 1 amide bonds. The van der Waals surface area contributed by atoms with E-state index in [0.717, 1.165) is 25.9 Å². The first-order valence-electron chi connectivity index (χ1n) is 6.45. The lowest BCUT2D eigenvalue weighted by Gasteiger charge is -2.21. The van der Waals surface area contributed by atoms with Crippen molar-refractivity contribution in [3.8, 4) is 0 Å². The van der Waals surface area contributed by atoms with E-state index < -0.39 is 11.4 Å². The maximum Gasteiger partial charge on any atom is 0.311 e. The van der Waals surface area contributed by atoms with Crippen LogP contribution in [0.15, 0.2) is 0 Å². The van der Waals surface area contributed by atoms with Crippen molar-refractivity contribution in [2.24, 2.45) is 5.41 Å². The van der Waals surface area contributed by atoms with E-state index in [1.54, 1.807) is 11.8 Å². The van der Waals surface area contributed by atoms with Gasteiger partial charge in [0.15, 0.2) is 0 Å². The second-order valence-electron chi connectivity index (χ2n) is 5.12. The van der Waals surface area contributed by atoms with Crippen LogP contribution in [-0.2, 0) is 9.59 Å². The third kappa shape index (κ3) is 3.62. The summed E-state index contributed by atoms with van der Waals surface area (Å²) in [5.41, 5.74) is -0.658. The topological polar surface area (TPSA) is 78.4 Å². The fourth-order valence-electron chi connectivity index (χ4n) is 2.09. The van der Waals surface area contributed by atoms with Crippen molar-refractivity contribution >= 4 is 23.6 Å². The first-order valence-corrected chi connectivity index (χ1v) is 7.50. The summed E-state index contributed by atoms with van der Waals surface area (Å²) in [6, 6.07) is 0. The van der Waals surface area contributed by atoms with E-state index in [-0.39, 0.29) is 12.5 Å². The van der Waals surface area contributed by atoms with Gasteiger partial charge in [-0.15, -0.1) is 11.8 Å². The van der Waals surface area contributed by atoms with E-state index in [9.17, 15) is 9.59 Å². The van der Waals surface area contributed by atoms with Gasteiger partial charge in [0.2, 0.25) is 5.91 Å². The van der Waals surface area contributed by atoms with Crippen LogP contribution in [0.1, 0.15) is 25.7 Å². The number of amides is 1. The summed E-state index contributed by atoms with van der Waals surface area (Å²) in [4.78, 5) is 22.6. The fraction of sp³-hybridized carbons (Fsp3) is 0.833. The van der Waals surface area contributed by atoms with Gasteiger partial charge in [-0.1, -0.05) is 0 Å². The number of aliphatic carboxylic acids is 1. The molecule has 3 N–H and O–H groups in total. The number of rotatable bonds is 6. The second kappa shape index (κ2) is 5.93. The van der Waals surface area contributed by atoms with E-state index in [0.29, 0.717) is 23.8 Å². The molecule has 0 bridgehead atoms. The maximum atomic E-state index is 11.6. The molecule has 2 aliphatic rings. The minimum atomic E-state index is -0.784. The average molecular weight is 272 g/mol. The predicted molar refractivity (Wildman–Crippen MR) is 70.7 cm³/mol. The minimum Gasteiger partial charge on any atom is -0.481 e. The van der Waals surface area contributed by atoms with Gasteiger partial charge in [0.05, 0.1) is 11.2 Å². The summed E-state index contributed by atoms with van der Waals surface area (Å²) < 4.78 is 0. The maximum absolute atomic E-state index is 11.6. The summed E-state index contributed by atoms with van der Waals surface area (Å²) in [5.74, 6) is -0.375. The van der Waals surface area contributed by atoms with Gasteiger partial charge in [0, 0.05) is 11.8 Å². The second-order valence-corrected chi connectivity index (χ2v) is 6.41. The van der Waals surface area contributed by atoms with Crippen molar-refractivity contribution in [1.29, 1.82) is 0 Å². The fourth-order valence-corrected chi connectivity index (χ4v) is 3.15. The van der Waals surface area contributed by atoms with Crippen LogP contribution < -0.4 is 10.6 Å². The molecule has 6 heteroatoms. The van der Waals surface area contributed by atoms with Crippen molar-refractivity contribution in [3.63, 3.8) is 0 Å². The van der Waals surface area contributed by atoms with Crippen LogP contribution >= 0.6 is 11.8 Å². The van der Waals surface area contributed by atoms with Gasteiger partial charge in [0.25, 0.3) is 0 Å². The zero-order valence-corrected chi connectivity index (χ0v) is 11.2. The van der Waals surface area contributed by atoms with Gasteiger partial charge >= 0.3 is 5.97 Å². The van der Waals surface area contributed by atoms with Crippen molar-refractivity contribution in [2.45, 2.75) is 30.9 Å². The van der Waals surface area contributed by atoms with E-state index in [1.807, 2.05) is 0 Å². The summed E-state index contributed by atoms with van der Waals surface area (Å²) in [7, 11) is 0.